The van der Waals surface area contributed by atoms with E-state index in [1.54, 1.807) is 12.1 Å². The van der Waals surface area contributed by atoms with Gasteiger partial charge in [-0.05, 0) is 42.5 Å². The van der Waals surface area contributed by atoms with E-state index in [0.717, 1.165) is 6.20 Å². The van der Waals surface area contributed by atoms with Gasteiger partial charge in [0.05, 0.1) is 11.9 Å². The van der Waals surface area contributed by atoms with Gasteiger partial charge < -0.3 is 4.74 Å². The Labute approximate surface area is 170 Å². The molecule has 0 aliphatic rings. The number of ether oxygens (including phenoxy) is 1. The molecule has 0 fully saturated rings. The maximum absolute atomic E-state index is 13.6. The van der Waals surface area contributed by atoms with Crippen molar-refractivity contribution < 1.29 is 26.9 Å². The Morgan fingerprint density at radius 2 is 1.90 bits per heavy atom. The lowest BCUT2D eigenvalue weighted by Crippen LogP contribution is -2.20. The van der Waals surface area contributed by atoms with Gasteiger partial charge in [0.15, 0.2) is 11.4 Å². The molecule has 6 nitrogen and oxygen atoms in total. The molecule has 3 rings (SSSR count). The topological polar surface area (TPSA) is 73.2 Å². The largest absolute Gasteiger partial charge is 0.437 e. The van der Waals surface area contributed by atoms with Crippen LogP contribution in [0.25, 0.3) is 5.69 Å². The summed E-state index contributed by atoms with van der Waals surface area (Å²) in [4.78, 5) is 12.5. The third-order valence-corrected chi connectivity index (χ3v) is 4.86. The van der Waals surface area contributed by atoms with E-state index in [0.29, 0.717) is 14.6 Å². The summed E-state index contributed by atoms with van der Waals surface area (Å²) < 4.78 is 57.8. The van der Waals surface area contributed by atoms with E-state index in [1.165, 1.54) is 42.7 Å². The van der Waals surface area contributed by atoms with Crippen LogP contribution in [0.4, 0.5) is 23.7 Å². The van der Waals surface area contributed by atoms with Crippen LogP contribution in [-0.4, -0.2) is 26.3 Å². The van der Waals surface area contributed by atoms with E-state index in [9.17, 15) is 22.2 Å². The fourth-order valence-corrected chi connectivity index (χ4v) is 3.13. The monoisotopic (exact) mass is 443 g/mol. The van der Waals surface area contributed by atoms with Crippen molar-refractivity contribution in [3.05, 3.63) is 65.4 Å². The zero-order valence-electron chi connectivity index (χ0n) is 14.7. The van der Waals surface area contributed by atoms with Crippen molar-refractivity contribution in [1.29, 1.82) is 0 Å². The number of carbonyl (C=O) groups excluding carboxylic acids is 1. The molecule has 1 heterocycles. The Kier molecular flexibility index (Phi) is 5.94. The highest BCUT2D eigenvalue weighted by atomic mass is 35.5. The van der Waals surface area contributed by atoms with Gasteiger partial charge in [0, 0.05) is 32.7 Å². The zero-order valence-corrected chi connectivity index (χ0v) is 16.3. The summed E-state index contributed by atoms with van der Waals surface area (Å²) >= 11 is 5.76. The van der Waals surface area contributed by atoms with Gasteiger partial charge >= 0.3 is 12.3 Å². The third kappa shape index (κ3) is 4.96. The fourth-order valence-electron chi connectivity index (χ4n) is 2.44. The molecule has 0 spiro atoms. The van der Waals surface area contributed by atoms with E-state index in [4.69, 9.17) is 16.3 Å². The minimum Gasteiger partial charge on any atom is -0.406 e. The van der Waals surface area contributed by atoms with Crippen molar-refractivity contribution in [2.75, 3.05) is 11.6 Å². The smallest absolute Gasteiger partial charge is 0.406 e. The molecule has 1 unspecified atom stereocenters. The van der Waals surface area contributed by atoms with Gasteiger partial charge in [0.25, 0.3) is 0 Å². The van der Waals surface area contributed by atoms with E-state index in [1.807, 2.05) is 0 Å². The number of rotatable bonds is 4. The molecule has 0 bridgehead atoms. The summed E-state index contributed by atoms with van der Waals surface area (Å²) in [5.41, 5.74) is -0.935. The number of aromatic nitrogens is 2. The van der Waals surface area contributed by atoms with Crippen molar-refractivity contribution in [2.45, 2.75) is 11.1 Å². The minimum atomic E-state index is -4.84. The lowest BCUT2D eigenvalue weighted by atomic mass is 10.3. The SMILES string of the molecule is CS(=O)c1cccc(NC(=O)Oc2cnn(-c3ccc(Cl)cc3)c2C(F)(F)F)c1. The van der Waals surface area contributed by atoms with Crippen LogP contribution >= 0.6 is 11.6 Å². The summed E-state index contributed by atoms with van der Waals surface area (Å²) in [5.74, 6) is -0.764. The van der Waals surface area contributed by atoms with Crippen molar-refractivity contribution in [2.24, 2.45) is 0 Å². The number of halogens is 4. The molecule has 0 saturated carbocycles. The Bertz CT molecular complexity index is 1070. The number of benzene rings is 2. The van der Waals surface area contributed by atoms with Crippen LogP contribution in [0.2, 0.25) is 5.02 Å². The van der Waals surface area contributed by atoms with E-state index < -0.39 is 34.5 Å². The predicted octanol–water partition coefficient (Wildman–Crippen LogP) is 4.89. The summed E-state index contributed by atoms with van der Waals surface area (Å²) in [6, 6.07) is 11.6. The van der Waals surface area contributed by atoms with E-state index in [2.05, 4.69) is 10.4 Å². The summed E-state index contributed by atoms with van der Waals surface area (Å²) in [6.45, 7) is 0. The van der Waals surface area contributed by atoms with Crippen LogP contribution in [0.1, 0.15) is 5.69 Å². The molecule has 1 amide bonds. The number of carbonyl (C=O) groups is 1. The molecule has 29 heavy (non-hydrogen) atoms. The second kappa shape index (κ2) is 8.26. The first-order chi connectivity index (χ1) is 13.6. The molecular weight excluding hydrogens is 431 g/mol. The number of nitrogens with one attached hydrogen (secondary N) is 1. The highest BCUT2D eigenvalue weighted by Crippen LogP contribution is 2.37. The molecular formula is C18H13ClF3N3O3S. The van der Waals surface area contributed by atoms with Gasteiger partial charge in [-0.15, -0.1) is 0 Å². The number of anilines is 1. The summed E-state index contributed by atoms with van der Waals surface area (Å²) in [5, 5.41) is 6.34. The normalized spacial score (nSPS) is 12.4. The van der Waals surface area contributed by atoms with Gasteiger partial charge in [-0.3, -0.25) is 9.53 Å². The summed E-state index contributed by atoms with van der Waals surface area (Å²) in [6.07, 6.45) is -3.73. The van der Waals surface area contributed by atoms with Crippen molar-refractivity contribution in [1.82, 2.24) is 9.78 Å². The number of hydrogen-bond donors (Lipinski definition) is 1. The molecule has 0 radical (unpaired) electrons. The molecule has 0 aliphatic carbocycles. The van der Waals surface area contributed by atoms with Crippen LogP contribution in [0.3, 0.4) is 0 Å². The molecule has 11 heteroatoms. The lowest BCUT2D eigenvalue weighted by Gasteiger charge is -2.13. The van der Waals surface area contributed by atoms with E-state index >= 15 is 0 Å². The van der Waals surface area contributed by atoms with Gasteiger partial charge in [0.1, 0.15) is 0 Å². The zero-order chi connectivity index (χ0) is 21.2. The third-order valence-electron chi connectivity index (χ3n) is 3.69. The molecule has 1 aromatic heterocycles. The molecule has 0 aliphatic heterocycles. The molecule has 2 aromatic carbocycles. The maximum atomic E-state index is 13.6. The molecule has 0 saturated heterocycles. The molecule has 3 aromatic rings. The first-order valence-electron chi connectivity index (χ1n) is 7.98. The minimum absolute atomic E-state index is 0.0927. The average molecular weight is 444 g/mol. The molecule has 152 valence electrons. The lowest BCUT2D eigenvalue weighted by molar-refractivity contribution is -0.143. The average Bonchev–Trinajstić information content (AvgIpc) is 3.06. The number of alkyl halides is 3. The first kappa shape index (κ1) is 20.9. The van der Waals surface area contributed by atoms with Crippen molar-refractivity contribution >= 4 is 34.2 Å². The quantitative estimate of drug-likeness (QED) is 0.623. The van der Waals surface area contributed by atoms with Crippen molar-refractivity contribution in [3.8, 4) is 11.4 Å². The van der Waals surface area contributed by atoms with Crippen LogP contribution < -0.4 is 10.1 Å². The Morgan fingerprint density at radius 1 is 1.21 bits per heavy atom. The van der Waals surface area contributed by atoms with Gasteiger partial charge in [-0.1, -0.05) is 17.7 Å². The molecule has 1 atom stereocenters. The number of amides is 1. The Hall–Kier alpha value is -2.85. The predicted molar refractivity (Wildman–Crippen MR) is 102 cm³/mol. The molecule has 1 N–H and O–H groups in total. The highest BCUT2D eigenvalue weighted by Gasteiger charge is 2.40. The van der Waals surface area contributed by atoms with Crippen LogP contribution in [-0.2, 0) is 17.0 Å². The number of nitrogens with zero attached hydrogens (tertiary/aromatic N) is 2. The van der Waals surface area contributed by atoms with Gasteiger partial charge in [-0.25, -0.2) is 9.48 Å². The Balaban J connectivity index is 1.87. The van der Waals surface area contributed by atoms with Crippen LogP contribution in [0, 0.1) is 0 Å². The highest BCUT2D eigenvalue weighted by molar-refractivity contribution is 7.84. The van der Waals surface area contributed by atoms with Crippen LogP contribution in [0.5, 0.6) is 5.75 Å². The van der Waals surface area contributed by atoms with Crippen LogP contribution in [0.15, 0.2) is 59.6 Å². The number of hydrogen-bond acceptors (Lipinski definition) is 4. The Morgan fingerprint density at radius 3 is 2.52 bits per heavy atom. The van der Waals surface area contributed by atoms with Gasteiger partial charge in [0.2, 0.25) is 0 Å². The second-order valence-electron chi connectivity index (χ2n) is 5.74. The van der Waals surface area contributed by atoms with E-state index in [-0.39, 0.29) is 11.4 Å². The summed E-state index contributed by atoms with van der Waals surface area (Å²) in [7, 11) is -1.29. The van der Waals surface area contributed by atoms with Crippen molar-refractivity contribution in [3.63, 3.8) is 0 Å². The first-order valence-corrected chi connectivity index (χ1v) is 9.92. The second-order valence-corrected chi connectivity index (χ2v) is 7.56. The standard InChI is InChI=1S/C18H13ClF3N3O3S/c1-29(27)14-4-2-3-12(9-14)24-17(26)28-15-10-23-25(16(15)18(20,21)22)13-7-5-11(19)6-8-13/h2-10H,1H3,(H,24,26). The maximum Gasteiger partial charge on any atom is 0.437 e. The van der Waals surface area contributed by atoms with Gasteiger partial charge in [-0.2, -0.15) is 18.3 Å². The fraction of sp³-hybridized carbons (Fsp3) is 0.111.